The summed E-state index contributed by atoms with van der Waals surface area (Å²) >= 11 is 0. The Kier molecular flexibility index (Phi) is 16.6. The fraction of sp³-hybridized carbons (Fsp3) is 0.406. The van der Waals surface area contributed by atoms with Crippen molar-refractivity contribution in [3.8, 4) is 11.5 Å². The van der Waals surface area contributed by atoms with E-state index in [1.54, 1.807) is 0 Å². The Balaban J connectivity index is 2.26. The number of guanidine groups is 1. The second kappa shape index (κ2) is 20.5. The molecule has 0 spiro atoms. The highest BCUT2D eigenvalue weighted by atomic mass is 16.4. The Bertz CT molecular complexity index is 1530. The number of phenols is 2. The van der Waals surface area contributed by atoms with Gasteiger partial charge in [0.05, 0.1) is 12.6 Å². The zero-order valence-electron chi connectivity index (χ0n) is 27.7. The minimum atomic E-state index is -1.55. The number of nitrogens with one attached hydrogen (secondary N) is 4. The lowest BCUT2D eigenvalue weighted by atomic mass is 10.0. The number of hydrogen-bond donors (Lipinski definition) is 12. The molecule has 0 aliphatic carbocycles. The van der Waals surface area contributed by atoms with Crippen molar-refractivity contribution in [3.05, 3.63) is 59.7 Å². The fourth-order valence-electron chi connectivity index (χ4n) is 4.64. The molecule has 5 atom stereocenters. The maximum absolute atomic E-state index is 13.7. The Hall–Kier alpha value is -5.95. The van der Waals surface area contributed by atoms with Gasteiger partial charge < -0.3 is 64.6 Å². The first-order valence-corrected chi connectivity index (χ1v) is 15.8. The monoisotopic (exact) mass is 715 g/mol. The molecular weight excluding hydrogens is 670 g/mol. The van der Waals surface area contributed by atoms with E-state index in [-0.39, 0.29) is 56.1 Å². The van der Waals surface area contributed by atoms with E-state index in [4.69, 9.17) is 22.9 Å². The third kappa shape index (κ3) is 15.0. The largest absolute Gasteiger partial charge is 0.508 e. The van der Waals surface area contributed by atoms with Crippen LogP contribution < -0.4 is 44.2 Å². The molecule has 278 valence electrons. The van der Waals surface area contributed by atoms with Crippen LogP contribution in [0, 0.1) is 0 Å². The van der Waals surface area contributed by atoms with Gasteiger partial charge in [-0.1, -0.05) is 24.3 Å². The number of aliphatic imine (C=N–C) groups is 1. The Morgan fingerprint density at radius 3 is 1.59 bits per heavy atom. The molecule has 2 aromatic rings. The number of carboxylic acid groups (broad SMARTS) is 1. The van der Waals surface area contributed by atoms with E-state index in [1.165, 1.54) is 48.5 Å². The van der Waals surface area contributed by atoms with Gasteiger partial charge in [0.1, 0.15) is 35.7 Å². The van der Waals surface area contributed by atoms with E-state index in [0.717, 1.165) is 0 Å². The van der Waals surface area contributed by atoms with E-state index in [1.807, 2.05) is 0 Å². The van der Waals surface area contributed by atoms with Gasteiger partial charge in [-0.15, -0.1) is 0 Å². The molecule has 5 amide bonds. The first-order valence-electron chi connectivity index (χ1n) is 15.8. The van der Waals surface area contributed by atoms with Crippen molar-refractivity contribution in [2.24, 2.45) is 27.9 Å². The molecule has 0 saturated heterocycles. The molecule has 2 rings (SSSR count). The van der Waals surface area contributed by atoms with Crippen LogP contribution in [0.3, 0.4) is 0 Å². The van der Waals surface area contributed by atoms with E-state index in [0.29, 0.717) is 17.5 Å². The number of carboxylic acids is 1. The van der Waals surface area contributed by atoms with Gasteiger partial charge in [0.25, 0.3) is 0 Å². The molecule has 0 aromatic heterocycles. The molecule has 2 aromatic carbocycles. The summed E-state index contributed by atoms with van der Waals surface area (Å²) in [5.74, 6) is -6.18. The Morgan fingerprint density at radius 2 is 1.10 bits per heavy atom. The van der Waals surface area contributed by atoms with Gasteiger partial charge in [-0.3, -0.25) is 29.0 Å². The molecule has 19 heteroatoms. The molecule has 0 fully saturated rings. The number of carbonyl (C=O) groups excluding carboxylic acids is 5. The number of phenolic OH excluding ortho intramolecular Hbond substituents is 2. The average Bonchev–Trinajstić information content (AvgIpc) is 3.07. The number of nitrogens with zero attached hydrogens (tertiary/aromatic N) is 1. The maximum Gasteiger partial charge on any atom is 0.326 e. The van der Waals surface area contributed by atoms with Crippen LogP contribution >= 0.6 is 0 Å². The summed E-state index contributed by atoms with van der Waals surface area (Å²) in [6, 6.07) is 4.12. The van der Waals surface area contributed by atoms with E-state index >= 15 is 0 Å². The number of aliphatic hydroxyl groups excluding tert-OH is 1. The van der Waals surface area contributed by atoms with Crippen LogP contribution in [0.15, 0.2) is 53.5 Å². The van der Waals surface area contributed by atoms with Crippen LogP contribution in [0.2, 0.25) is 0 Å². The molecule has 51 heavy (non-hydrogen) atoms. The molecule has 0 saturated carbocycles. The predicted octanol–water partition coefficient (Wildman–Crippen LogP) is -3.45. The molecule has 0 aliphatic rings. The van der Waals surface area contributed by atoms with Crippen LogP contribution in [-0.4, -0.2) is 105 Å². The van der Waals surface area contributed by atoms with Crippen molar-refractivity contribution in [3.63, 3.8) is 0 Å². The number of rotatable bonds is 21. The molecule has 16 N–H and O–H groups in total. The minimum absolute atomic E-state index is 0.0508. The zero-order chi connectivity index (χ0) is 38.1. The van der Waals surface area contributed by atoms with Crippen LogP contribution in [0.4, 0.5) is 0 Å². The van der Waals surface area contributed by atoms with Crippen molar-refractivity contribution in [2.45, 2.75) is 68.7 Å². The predicted molar refractivity (Wildman–Crippen MR) is 182 cm³/mol. The number of amides is 5. The molecule has 0 bridgehead atoms. The van der Waals surface area contributed by atoms with Crippen molar-refractivity contribution in [1.82, 2.24) is 21.3 Å². The standard InChI is InChI=1S/C32H45N9O10/c33-21(2-1-13-37-32(35)36)27(46)41-25(16-42)30(49)39-23(14-17-3-7-19(43)8-4-17)29(48)38-22(11-12-26(34)45)28(47)40-24(31(50)51)15-18-5-9-20(44)10-6-18/h3-10,21-25,42-44H,1-2,11-16,33H2,(H2,34,45)(H,38,48)(H,39,49)(H,40,47)(H,41,46)(H,50,51)(H4,35,36,37)/t21-,22-,23-,24-,25-/m0/s1. The van der Waals surface area contributed by atoms with Crippen molar-refractivity contribution < 1.29 is 49.2 Å². The van der Waals surface area contributed by atoms with Crippen LogP contribution in [0.5, 0.6) is 11.5 Å². The number of primary amides is 1. The normalized spacial score (nSPS) is 13.7. The summed E-state index contributed by atoms with van der Waals surface area (Å²) in [5.41, 5.74) is 22.6. The van der Waals surface area contributed by atoms with E-state index in [2.05, 4.69) is 26.3 Å². The molecule has 19 nitrogen and oxygen atoms in total. The lowest BCUT2D eigenvalue weighted by molar-refractivity contribution is -0.142. The number of carbonyl (C=O) groups is 6. The minimum Gasteiger partial charge on any atom is -0.508 e. The van der Waals surface area contributed by atoms with Crippen molar-refractivity contribution >= 4 is 41.5 Å². The van der Waals surface area contributed by atoms with E-state index < -0.39 is 72.3 Å². The molecular formula is C32H45N9O10. The summed E-state index contributed by atoms with van der Waals surface area (Å²) in [7, 11) is 0. The van der Waals surface area contributed by atoms with Gasteiger partial charge in [0.2, 0.25) is 29.5 Å². The summed E-state index contributed by atoms with van der Waals surface area (Å²) in [6.45, 7) is -0.678. The summed E-state index contributed by atoms with van der Waals surface area (Å²) < 4.78 is 0. The topological polar surface area (TPSA) is 348 Å². The van der Waals surface area contributed by atoms with Gasteiger partial charge >= 0.3 is 5.97 Å². The lowest BCUT2D eigenvalue weighted by Crippen LogP contribution is -2.59. The number of nitrogens with two attached hydrogens (primary N) is 4. The van der Waals surface area contributed by atoms with Crippen LogP contribution in [0.25, 0.3) is 0 Å². The van der Waals surface area contributed by atoms with Gasteiger partial charge in [-0.05, 0) is 54.7 Å². The zero-order valence-corrected chi connectivity index (χ0v) is 27.7. The first kappa shape index (κ1) is 41.2. The van der Waals surface area contributed by atoms with Gasteiger partial charge in [-0.25, -0.2) is 4.79 Å². The average molecular weight is 716 g/mol. The molecule has 0 unspecified atom stereocenters. The van der Waals surface area contributed by atoms with Crippen molar-refractivity contribution in [2.75, 3.05) is 13.2 Å². The molecule has 0 radical (unpaired) electrons. The van der Waals surface area contributed by atoms with Gasteiger partial charge in [0.15, 0.2) is 5.96 Å². The number of benzene rings is 2. The quantitative estimate of drug-likeness (QED) is 0.0340. The molecule has 0 aliphatic heterocycles. The third-order valence-corrected chi connectivity index (χ3v) is 7.43. The first-order chi connectivity index (χ1) is 24.1. The van der Waals surface area contributed by atoms with Crippen LogP contribution in [-0.2, 0) is 41.6 Å². The summed E-state index contributed by atoms with van der Waals surface area (Å²) in [4.78, 5) is 80.3. The van der Waals surface area contributed by atoms with Crippen molar-refractivity contribution in [1.29, 1.82) is 0 Å². The van der Waals surface area contributed by atoms with Crippen LogP contribution in [0.1, 0.15) is 36.8 Å². The number of aliphatic carboxylic acids is 1. The fourth-order valence-corrected chi connectivity index (χ4v) is 4.64. The SMILES string of the molecule is NC(=O)CC[C@H](NC(=O)[C@H](Cc1ccc(O)cc1)NC(=O)[C@H](CO)NC(=O)[C@@H](N)CCCN=C(N)N)C(=O)N[C@@H](Cc1ccc(O)cc1)C(=O)O. The Morgan fingerprint density at radius 1 is 0.647 bits per heavy atom. The number of hydrogen-bond acceptors (Lipinski definition) is 11. The second-order valence-corrected chi connectivity index (χ2v) is 11.6. The van der Waals surface area contributed by atoms with Gasteiger partial charge in [-0.2, -0.15) is 0 Å². The smallest absolute Gasteiger partial charge is 0.326 e. The van der Waals surface area contributed by atoms with E-state index in [9.17, 15) is 49.2 Å². The number of aromatic hydroxyl groups is 2. The molecule has 0 heterocycles. The van der Waals surface area contributed by atoms with Gasteiger partial charge in [0, 0.05) is 25.8 Å². The second-order valence-electron chi connectivity index (χ2n) is 11.6. The third-order valence-electron chi connectivity index (χ3n) is 7.43. The highest BCUT2D eigenvalue weighted by Crippen LogP contribution is 2.14. The maximum atomic E-state index is 13.7. The summed E-state index contributed by atoms with van der Waals surface area (Å²) in [6.07, 6.45) is -0.641. The highest BCUT2D eigenvalue weighted by molar-refractivity contribution is 5.95. The number of aliphatic hydroxyl groups is 1. The lowest BCUT2D eigenvalue weighted by Gasteiger charge is -2.26. The highest BCUT2D eigenvalue weighted by Gasteiger charge is 2.32. The Labute approximate surface area is 292 Å². The summed E-state index contributed by atoms with van der Waals surface area (Å²) in [5, 5.41) is 48.4.